The maximum atomic E-state index is 6.00. The number of nitrogens with one attached hydrogen (secondary N) is 1. The van der Waals surface area contributed by atoms with Crippen molar-refractivity contribution in [2.75, 3.05) is 6.54 Å². The Balaban J connectivity index is 2.45. The van der Waals surface area contributed by atoms with Crippen molar-refractivity contribution in [3.63, 3.8) is 0 Å². The van der Waals surface area contributed by atoms with Crippen LogP contribution in [0, 0.1) is 0 Å². The SMILES string of the molecule is CCCCCCC(C)(CCCCC)N1CCC(N)N1. The minimum absolute atomic E-state index is 0.168. The Hall–Kier alpha value is -0.120. The highest BCUT2D eigenvalue weighted by Crippen LogP contribution is 2.29. The van der Waals surface area contributed by atoms with E-state index in [-0.39, 0.29) is 6.17 Å². The molecule has 0 aliphatic carbocycles. The van der Waals surface area contributed by atoms with Crippen molar-refractivity contribution in [2.24, 2.45) is 5.73 Å². The standard InChI is InChI=1S/C16H35N3/c1-4-6-8-10-13-16(3,12-9-7-5-2)19-14-11-15(17)18-19/h15,18H,4-14,17H2,1-3H3. The van der Waals surface area contributed by atoms with Crippen LogP contribution in [0.3, 0.4) is 0 Å². The summed E-state index contributed by atoms with van der Waals surface area (Å²) in [5, 5.41) is 2.44. The summed E-state index contributed by atoms with van der Waals surface area (Å²) in [5.74, 6) is 0. The molecule has 1 aliphatic heterocycles. The second-order valence-electron chi connectivity index (χ2n) is 6.44. The van der Waals surface area contributed by atoms with Crippen LogP contribution in [-0.4, -0.2) is 23.3 Å². The Morgan fingerprint density at radius 1 is 1.05 bits per heavy atom. The van der Waals surface area contributed by atoms with Gasteiger partial charge in [-0.25, -0.2) is 10.4 Å². The first-order chi connectivity index (χ1) is 9.12. The van der Waals surface area contributed by atoms with Crippen LogP contribution in [0.25, 0.3) is 0 Å². The molecule has 114 valence electrons. The molecular formula is C16H35N3. The summed E-state index contributed by atoms with van der Waals surface area (Å²) in [6.45, 7) is 8.10. The van der Waals surface area contributed by atoms with Gasteiger partial charge < -0.3 is 5.73 Å². The molecule has 0 radical (unpaired) electrons. The lowest BCUT2D eigenvalue weighted by Crippen LogP contribution is -2.53. The maximum absolute atomic E-state index is 6.00. The van der Waals surface area contributed by atoms with Crippen LogP contribution in [0.15, 0.2) is 0 Å². The Morgan fingerprint density at radius 2 is 1.63 bits per heavy atom. The van der Waals surface area contributed by atoms with Crippen LogP contribution in [0.5, 0.6) is 0 Å². The number of nitrogens with two attached hydrogens (primary N) is 1. The largest absolute Gasteiger partial charge is 0.315 e. The van der Waals surface area contributed by atoms with Crippen molar-refractivity contribution in [2.45, 2.75) is 96.7 Å². The van der Waals surface area contributed by atoms with E-state index in [0.29, 0.717) is 5.54 Å². The van der Waals surface area contributed by atoms with Crippen LogP contribution in [0.2, 0.25) is 0 Å². The van der Waals surface area contributed by atoms with E-state index < -0.39 is 0 Å². The average Bonchev–Trinajstić information content (AvgIpc) is 2.82. The summed E-state index contributed by atoms with van der Waals surface area (Å²) in [6, 6.07) is 0. The summed E-state index contributed by atoms with van der Waals surface area (Å²) in [5.41, 5.74) is 9.78. The lowest BCUT2D eigenvalue weighted by Gasteiger charge is -2.39. The van der Waals surface area contributed by atoms with Gasteiger partial charge >= 0.3 is 0 Å². The van der Waals surface area contributed by atoms with Gasteiger partial charge in [0.2, 0.25) is 0 Å². The quantitative estimate of drug-likeness (QED) is 0.593. The highest BCUT2D eigenvalue weighted by atomic mass is 15.6. The van der Waals surface area contributed by atoms with Gasteiger partial charge in [-0.15, -0.1) is 0 Å². The lowest BCUT2D eigenvalue weighted by molar-refractivity contribution is 0.0546. The second-order valence-corrected chi connectivity index (χ2v) is 6.44. The molecule has 3 N–H and O–H groups in total. The molecule has 0 bridgehead atoms. The third-order valence-corrected chi connectivity index (χ3v) is 4.52. The molecular weight excluding hydrogens is 234 g/mol. The number of nitrogens with zero attached hydrogens (tertiary/aromatic N) is 1. The van der Waals surface area contributed by atoms with Crippen LogP contribution >= 0.6 is 0 Å². The number of hydrogen-bond acceptors (Lipinski definition) is 3. The molecule has 19 heavy (non-hydrogen) atoms. The highest BCUT2D eigenvalue weighted by molar-refractivity contribution is 4.88. The van der Waals surface area contributed by atoms with E-state index in [4.69, 9.17) is 5.73 Å². The molecule has 1 heterocycles. The van der Waals surface area contributed by atoms with Crippen molar-refractivity contribution in [3.8, 4) is 0 Å². The van der Waals surface area contributed by atoms with E-state index in [2.05, 4.69) is 31.2 Å². The van der Waals surface area contributed by atoms with Crippen molar-refractivity contribution in [1.82, 2.24) is 10.4 Å². The number of hydrazine groups is 1. The lowest BCUT2D eigenvalue weighted by atomic mass is 9.87. The van der Waals surface area contributed by atoms with Crippen LogP contribution in [0.1, 0.15) is 85.0 Å². The van der Waals surface area contributed by atoms with E-state index in [0.717, 1.165) is 13.0 Å². The molecule has 0 aromatic rings. The summed E-state index contributed by atoms with van der Waals surface area (Å²) in [4.78, 5) is 0. The predicted octanol–water partition coefficient (Wildman–Crippen LogP) is 3.79. The second kappa shape index (κ2) is 8.93. The third kappa shape index (κ3) is 5.80. The molecule has 3 nitrogen and oxygen atoms in total. The molecule has 0 spiro atoms. The molecule has 1 aliphatic rings. The molecule has 2 atom stereocenters. The molecule has 0 aromatic carbocycles. The van der Waals surface area contributed by atoms with E-state index in [1.54, 1.807) is 0 Å². The van der Waals surface area contributed by atoms with E-state index in [9.17, 15) is 0 Å². The fourth-order valence-electron chi connectivity index (χ4n) is 3.11. The molecule has 0 amide bonds. The van der Waals surface area contributed by atoms with Crippen molar-refractivity contribution >= 4 is 0 Å². The predicted molar refractivity (Wildman–Crippen MR) is 83.7 cm³/mol. The summed E-state index contributed by atoms with van der Waals surface area (Å²) in [6.07, 6.45) is 13.3. The van der Waals surface area contributed by atoms with E-state index in [1.807, 2.05) is 0 Å². The first-order valence-electron chi connectivity index (χ1n) is 8.42. The Bertz CT molecular complexity index is 232. The average molecular weight is 269 g/mol. The molecule has 0 aromatic heterocycles. The van der Waals surface area contributed by atoms with Gasteiger partial charge in [-0.05, 0) is 26.2 Å². The van der Waals surface area contributed by atoms with Gasteiger partial charge in [-0.2, -0.15) is 0 Å². The topological polar surface area (TPSA) is 41.3 Å². The maximum Gasteiger partial charge on any atom is 0.0694 e. The first kappa shape index (κ1) is 16.9. The summed E-state index contributed by atoms with van der Waals surface area (Å²) >= 11 is 0. The number of unbranched alkanes of at least 4 members (excludes halogenated alkanes) is 5. The van der Waals surface area contributed by atoms with Gasteiger partial charge in [0.15, 0.2) is 0 Å². The first-order valence-corrected chi connectivity index (χ1v) is 8.42. The molecule has 1 saturated heterocycles. The fraction of sp³-hybridized carbons (Fsp3) is 1.00. The van der Waals surface area contributed by atoms with Gasteiger partial charge in [0, 0.05) is 12.1 Å². The van der Waals surface area contributed by atoms with Crippen molar-refractivity contribution in [3.05, 3.63) is 0 Å². The minimum Gasteiger partial charge on any atom is -0.315 e. The Labute approximate surface area is 120 Å². The normalized spacial score (nSPS) is 23.7. The number of rotatable bonds is 10. The van der Waals surface area contributed by atoms with Crippen LogP contribution in [0.4, 0.5) is 0 Å². The fourth-order valence-corrected chi connectivity index (χ4v) is 3.11. The van der Waals surface area contributed by atoms with E-state index >= 15 is 0 Å². The van der Waals surface area contributed by atoms with Crippen molar-refractivity contribution in [1.29, 1.82) is 0 Å². The zero-order valence-electron chi connectivity index (χ0n) is 13.4. The Morgan fingerprint density at radius 3 is 2.16 bits per heavy atom. The molecule has 0 saturated carbocycles. The van der Waals surface area contributed by atoms with Gasteiger partial charge in [0.1, 0.15) is 0 Å². The molecule has 2 unspecified atom stereocenters. The van der Waals surface area contributed by atoms with Crippen LogP contribution < -0.4 is 11.2 Å². The van der Waals surface area contributed by atoms with Crippen molar-refractivity contribution < 1.29 is 0 Å². The summed E-state index contributed by atoms with van der Waals surface area (Å²) in [7, 11) is 0. The third-order valence-electron chi connectivity index (χ3n) is 4.52. The van der Waals surface area contributed by atoms with Gasteiger partial charge in [0.25, 0.3) is 0 Å². The van der Waals surface area contributed by atoms with Gasteiger partial charge in [-0.1, -0.05) is 58.8 Å². The smallest absolute Gasteiger partial charge is 0.0694 e. The number of hydrogen-bond donors (Lipinski definition) is 2. The minimum atomic E-state index is 0.168. The van der Waals surface area contributed by atoms with Gasteiger partial charge in [0.05, 0.1) is 6.17 Å². The molecule has 1 rings (SSSR count). The zero-order valence-corrected chi connectivity index (χ0v) is 13.4. The zero-order chi connectivity index (χ0) is 14.1. The monoisotopic (exact) mass is 269 g/mol. The summed E-state index contributed by atoms with van der Waals surface area (Å²) < 4.78 is 0. The molecule has 3 heteroatoms. The Kier molecular flexibility index (Phi) is 7.96. The molecule has 1 fully saturated rings. The van der Waals surface area contributed by atoms with Gasteiger partial charge in [-0.3, -0.25) is 0 Å². The van der Waals surface area contributed by atoms with Crippen LogP contribution in [-0.2, 0) is 0 Å². The highest BCUT2D eigenvalue weighted by Gasteiger charge is 2.34. The van der Waals surface area contributed by atoms with E-state index in [1.165, 1.54) is 57.8 Å².